The van der Waals surface area contributed by atoms with Gasteiger partial charge in [-0.25, -0.2) is 0 Å². The number of nitrogens with zero attached hydrogens (tertiary/aromatic N) is 2. The van der Waals surface area contributed by atoms with Crippen LogP contribution >= 0.6 is 0 Å². The van der Waals surface area contributed by atoms with Crippen molar-refractivity contribution < 1.29 is 14.3 Å². The normalized spacial score (nSPS) is 17.4. The molecule has 0 fully saturated rings. The van der Waals surface area contributed by atoms with Gasteiger partial charge in [0.25, 0.3) is 5.91 Å². The maximum Gasteiger partial charge on any atom is 0.251 e. The average Bonchev–Trinajstić information content (AvgIpc) is 3.18. The van der Waals surface area contributed by atoms with Gasteiger partial charge in [0.05, 0.1) is 18.8 Å². The van der Waals surface area contributed by atoms with E-state index >= 15 is 0 Å². The number of hydrogen-bond donors (Lipinski definition) is 1. The molecule has 1 unspecified atom stereocenters. The van der Waals surface area contributed by atoms with Gasteiger partial charge in [-0.3, -0.25) is 9.48 Å². The van der Waals surface area contributed by atoms with Gasteiger partial charge in [0.2, 0.25) is 0 Å². The van der Waals surface area contributed by atoms with Crippen LogP contribution in [-0.4, -0.2) is 28.9 Å². The predicted octanol–water partition coefficient (Wildman–Crippen LogP) is 3.51. The van der Waals surface area contributed by atoms with Crippen molar-refractivity contribution >= 4 is 5.91 Å². The number of hydrogen-bond acceptors (Lipinski definition) is 4. The Morgan fingerprint density at radius 3 is 2.79 bits per heavy atom. The molecule has 1 aromatic heterocycles. The highest BCUT2D eigenvalue weighted by atomic mass is 16.6. The summed E-state index contributed by atoms with van der Waals surface area (Å²) in [5.41, 5.74) is 4.14. The zero-order valence-corrected chi connectivity index (χ0v) is 16.1. The number of fused-ring (bicyclic) bond motifs is 2. The standard InChI is InChI=1S/C23H23N3O3/c27-23(17-9-10-21-22(13-17)29-12-11-28-21)25-19-7-4-8-20-18(19)14-24-26(20)15-16-5-2-1-3-6-16/h1-3,5-6,9-10,13-14,19H,4,7-8,11-12,15H2,(H,25,27). The smallest absolute Gasteiger partial charge is 0.251 e. The van der Waals surface area contributed by atoms with Crippen LogP contribution in [0.15, 0.2) is 54.7 Å². The summed E-state index contributed by atoms with van der Waals surface area (Å²) < 4.78 is 13.2. The van der Waals surface area contributed by atoms with E-state index in [4.69, 9.17) is 9.47 Å². The van der Waals surface area contributed by atoms with Crippen LogP contribution in [0.3, 0.4) is 0 Å². The lowest BCUT2D eigenvalue weighted by molar-refractivity contribution is 0.0931. The molecule has 0 radical (unpaired) electrons. The maximum atomic E-state index is 12.9. The Morgan fingerprint density at radius 2 is 1.93 bits per heavy atom. The number of carbonyl (C=O) groups is 1. The average molecular weight is 389 g/mol. The van der Waals surface area contributed by atoms with Gasteiger partial charge in [-0.2, -0.15) is 5.10 Å². The molecular weight excluding hydrogens is 366 g/mol. The molecule has 0 bridgehead atoms. The molecule has 0 saturated carbocycles. The van der Waals surface area contributed by atoms with E-state index in [1.807, 2.05) is 24.4 Å². The first kappa shape index (κ1) is 17.8. The molecule has 29 heavy (non-hydrogen) atoms. The third-order valence-corrected chi connectivity index (χ3v) is 5.55. The Bertz CT molecular complexity index is 1030. The number of carbonyl (C=O) groups excluding carboxylic acids is 1. The van der Waals surface area contributed by atoms with Crippen molar-refractivity contribution in [3.05, 3.63) is 77.1 Å². The minimum atomic E-state index is -0.101. The van der Waals surface area contributed by atoms with E-state index in [1.54, 1.807) is 18.2 Å². The van der Waals surface area contributed by atoms with Crippen LogP contribution in [0.4, 0.5) is 0 Å². The number of amides is 1. The highest BCUT2D eigenvalue weighted by Gasteiger charge is 2.26. The number of nitrogens with one attached hydrogen (secondary N) is 1. The third-order valence-electron chi connectivity index (χ3n) is 5.55. The summed E-state index contributed by atoms with van der Waals surface area (Å²) in [4.78, 5) is 12.9. The molecule has 6 nitrogen and oxygen atoms in total. The van der Waals surface area contributed by atoms with E-state index in [1.165, 1.54) is 11.3 Å². The Hall–Kier alpha value is -3.28. The molecule has 6 heteroatoms. The van der Waals surface area contributed by atoms with Crippen molar-refractivity contribution in [2.24, 2.45) is 0 Å². The monoisotopic (exact) mass is 389 g/mol. The van der Waals surface area contributed by atoms with Gasteiger partial charge in [0.1, 0.15) is 13.2 Å². The highest BCUT2D eigenvalue weighted by Crippen LogP contribution is 2.32. The van der Waals surface area contributed by atoms with Crippen molar-refractivity contribution in [1.29, 1.82) is 0 Å². The molecule has 3 aromatic rings. The third kappa shape index (κ3) is 3.58. The van der Waals surface area contributed by atoms with Crippen molar-refractivity contribution in [3.8, 4) is 11.5 Å². The van der Waals surface area contributed by atoms with Crippen molar-refractivity contribution in [3.63, 3.8) is 0 Å². The summed E-state index contributed by atoms with van der Waals surface area (Å²) in [6.07, 6.45) is 4.84. The molecule has 2 aliphatic rings. The van der Waals surface area contributed by atoms with Crippen molar-refractivity contribution in [1.82, 2.24) is 15.1 Å². The van der Waals surface area contributed by atoms with E-state index in [9.17, 15) is 4.79 Å². The summed E-state index contributed by atoms with van der Waals surface area (Å²) in [5.74, 6) is 1.22. The molecule has 0 spiro atoms. The molecule has 0 saturated heterocycles. The van der Waals surface area contributed by atoms with Crippen molar-refractivity contribution in [2.45, 2.75) is 31.8 Å². The van der Waals surface area contributed by atoms with Crippen molar-refractivity contribution in [2.75, 3.05) is 13.2 Å². The van der Waals surface area contributed by atoms with Gasteiger partial charge in [0, 0.05) is 16.8 Å². The van der Waals surface area contributed by atoms with Crippen LogP contribution in [0.1, 0.15) is 46.1 Å². The van der Waals surface area contributed by atoms with Gasteiger partial charge in [-0.1, -0.05) is 30.3 Å². The molecular formula is C23H23N3O3. The lowest BCUT2D eigenvalue weighted by Gasteiger charge is -2.25. The second kappa shape index (κ2) is 7.62. The quantitative estimate of drug-likeness (QED) is 0.742. The van der Waals surface area contributed by atoms with Crippen LogP contribution in [0.2, 0.25) is 0 Å². The highest BCUT2D eigenvalue weighted by molar-refractivity contribution is 5.95. The van der Waals surface area contributed by atoms with E-state index in [2.05, 4.69) is 27.2 Å². The zero-order valence-electron chi connectivity index (χ0n) is 16.1. The molecule has 2 heterocycles. The first-order valence-electron chi connectivity index (χ1n) is 10.1. The van der Waals surface area contributed by atoms with Gasteiger partial charge in [-0.05, 0) is 43.0 Å². The fraction of sp³-hybridized carbons (Fsp3) is 0.304. The SMILES string of the molecule is O=C(NC1CCCc2c1cnn2Cc1ccccc1)c1ccc2c(c1)OCCO2. The Balaban J connectivity index is 1.34. The number of ether oxygens (including phenoxy) is 2. The van der Waals surface area contributed by atoms with Crippen LogP contribution in [0.5, 0.6) is 11.5 Å². The van der Waals surface area contributed by atoms with E-state index in [0.29, 0.717) is 30.3 Å². The summed E-state index contributed by atoms with van der Waals surface area (Å²) in [5, 5.41) is 7.80. The van der Waals surface area contributed by atoms with E-state index in [0.717, 1.165) is 31.4 Å². The van der Waals surface area contributed by atoms with Gasteiger partial charge in [0.15, 0.2) is 11.5 Å². The summed E-state index contributed by atoms with van der Waals surface area (Å²) in [7, 11) is 0. The second-order valence-corrected chi connectivity index (χ2v) is 7.47. The van der Waals surface area contributed by atoms with Crippen LogP contribution in [0.25, 0.3) is 0 Å². The molecule has 1 aliphatic carbocycles. The fourth-order valence-corrected chi connectivity index (χ4v) is 4.09. The predicted molar refractivity (Wildman–Crippen MR) is 108 cm³/mol. The van der Waals surface area contributed by atoms with Crippen LogP contribution in [-0.2, 0) is 13.0 Å². The summed E-state index contributed by atoms with van der Waals surface area (Å²) in [6.45, 7) is 1.79. The molecule has 2 aromatic carbocycles. The molecule has 1 amide bonds. The number of aromatic nitrogens is 2. The van der Waals surface area contributed by atoms with Gasteiger partial charge >= 0.3 is 0 Å². The maximum absolute atomic E-state index is 12.9. The largest absolute Gasteiger partial charge is 0.486 e. The topological polar surface area (TPSA) is 65.4 Å². The van der Waals surface area contributed by atoms with Gasteiger partial charge in [-0.15, -0.1) is 0 Å². The first-order valence-corrected chi connectivity index (χ1v) is 10.1. The molecule has 148 valence electrons. The molecule has 1 N–H and O–H groups in total. The molecule has 1 aliphatic heterocycles. The molecule has 5 rings (SSSR count). The minimum absolute atomic E-state index is 0.0241. The van der Waals surface area contributed by atoms with E-state index in [-0.39, 0.29) is 11.9 Å². The zero-order chi connectivity index (χ0) is 19.6. The number of rotatable bonds is 4. The van der Waals surface area contributed by atoms with Gasteiger partial charge < -0.3 is 14.8 Å². The Morgan fingerprint density at radius 1 is 1.10 bits per heavy atom. The summed E-state index contributed by atoms with van der Waals surface area (Å²) >= 11 is 0. The lowest BCUT2D eigenvalue weighted by atomic mass is 9.92. The van der Waals surface area contributed by atoms with E-state index < -0.39 is 0 Å². The minimum Gasteiger partial charge on any atom is -0.486 e. The lowest BCUT2D eigenvalue weighted by Crippen LogP contribution is -2.31. The fourth-order valence-electron chi connectivity index (χ4n) is 4.09. The second-order valence-electron chi connectivity index (χ2n) is 7.47. The Kier molecular flexibility index (Phi) is 4.68. The number of benzene rings is 2. The first-order chi connectivity index (χ1) is 14.3. The van der Waals surface area contributed by atoms with Crippen LogP contribution in [0, 0.1) is 0 Å². The molecule has 1 atom stereocenters. The Labute approximate surface area is 169 Å². The van der Waals surface area contributed by atoms with Crippen LogP contribution < -0.4 is 14.8 Å². The summed E-state index contributed by atoms with van der Waals surface area (Å²) in [6, 6.07) is 15.6.